The van der Waals surface area contributed by atoms with Crippen molar-refractivity contribution in [2.75, 3.05) is 26.7 Å². The van der Waals surface area contributed by atoms with Crippen molar-refractivity contribution in [3.8, 4) is 11.5 Å². The largest absolute Gasteiger partial charge is 0.508 e. The number of phenolic OH excluding ortho intramolecular Hbond substituents is 1. The molecule has 2 rings (SSSR count). The van der Waals surface area contributed by atoms with E-state index in [1.165, 1.54) is 0 Å². The molecule has 1 aromatic rings. The van der Waals surface area contributed by atoms with Gasteiger partial charge in [0.1, 0.15) is 18.1 Å². The molecular weight excluding hydrogens is 228 g/mol. The normalized spacial score (nSPS) is 18.8. The molecule has 1 aliphatic rings. The molecule has 0 aliphatic carbocycles. The third-order valence-electron chi connectivity index (χ3n) is 3.51. The lowest BCUT2D eigenvalue weighted by molar-refractivity contribution is 0.142. The van der Waals surface area contributed by atoms with Crippen LogP contribution >= 0.6 is 0 Å². The van der Waals surface area contributed by atoms with Crippen molar-refractivity contribution in [2.24, 2.45) is 11.1 Å². The maximum absolute atomic E-state index is 9.44. The second-order valence-corrected chi connectivity index (χ2v) is 5.83. The molecule has 100 valence electrons. The van der Waals surface area contributed by atoms with Gasteiger partial charge in [0, 0.05) is 18.2 Å². The molecule has 1 atom stereocenters. The Hall–Kier alpha value is -1.26. The number of nitrogens with zero attached hydrogens (tertiary/aromatic N) is 1. The van der Waals surface area contributed by atoms with Gasteiger partial charge in [0.25, 0.3) is 0 Å². The summed E-state index contributed by atoms with van der Waals surface area (Å²) in [4.78, 5) is 2.27. The van der Waals surface area contributed by atoms with E-state index in [2.05, 4.69) is 25.8 Å². The van der Waals surface area contributed by atoms with E-state index in [0.717, 1.165) is 17.9 Å². The van der Waals surface area contributed by atoms with Crippen molar-refractivity contribution in [2.45, 2.75) is 19.9 Å². The van der Waals surface area contributed by atoms with Crippen LogP contribution in [0, 0.1) is 5.41 Å². The summed E-state index contributed by atoms with van der Waals surface area (Å²) in [7, 11) is 2.09. The fourth-order valence-corrected chi connectivity index (χ4v) is 2.40. The average Bonchev–Trinajstić information content (AvgIpc) is 2.71. The maximum Gasteiger partial charge on any atom is 0.127 e. The lowest BCUT2D eigenvalue weighted by atomic mass is 9.92. The zero-order valence-electron chi connectivity index (χ0n) is 11.3. The van der Waals surface area contributed by atoms with Crippen molar-refractivity contribution in [3.63, 3.8) is 0 Å². The van der Waals surface area contributed by atoms with Gasteiger partial charge in [-0.1, -0.05) is 13.8 Å². The molecule has 0 radical (unpaired) electrons. The molecule has 1 aliphatic heterocycles. The maximum atomic E-state index is 9.44. The second-order valence-electron chi connectivity index (χ2n) is 5.83. The summed E-state index contributed by atoms with van der Waals surface area (Å²) < 4.78 is 5.63. The predicted octanol–water partition coefficient (Wildman–Crippen LogP) is 1.74. The SMILES string of the molecule is CN(CC(C)(C)CN)C1COc2cc(O)ccc21. The van der Waals surface area contributed by atoms with E-state index in [1.807, 2.05) is 6.07 Å². The van der Waals surface area contributed by atoms with Gasteiger partial charge in [-0.2, -0.15) is 0 Å². The zero-order valence-corrected chi connectivity index (χ0v) is 11.3. The number of benzene rings is 1. The number of aromatic hydroxyl groups is 1. The van der Waals surface area contributed by atoms with Crippen molar-refractivity contribution in [3.05, 3.63) is 23.8 Å². The molecule has 0 aromatic heterocycles. The van der Waals surface area contributed by atoms with E-state index in [9.17, 15) is 5.11 Å². The van der Waals surface area contributed by atoms with E-state index >= 15 is 0 Å². The van der Waals surface area contributed by atoms with Gasteiger partial charge in [-0.15, -0.1) is 0 Å². The first-order valence-electron chi connectivity index (χ1n) is 6.29. The molecule has 0 spiro atoms. The van der Waals surface area contributed by atoms with Crippen LogP contribution in [0.1, 0.15) is 25.5 Å². The minimum Gasteiger partial charge on any atom is -0.508 e. The first kappa shape index (κ1) is 13.2. The number of ether oxygens (including phenoxy) is 1. The van der Waals surface area contributed by atoms with Crippen LogP contribution in [0.15, 0.2) is 18.2 Å². The smallest absolute Gasteiger partial charge is 0.127 e. The van der Waals surface area contributed by atoms with Crippen LogP contribution in [0.5, 0.6) is 11.5 Å². The molecule has 0 fully saturated rings. The van der Waals surface area contributed by atoms with Crippen LogP contribution in [0.4, 0.5) is 0 Å². The third kappa shape index (κ3) is 2.60. The highest BCUT2D eigenvalue weighted by Crippen LogP contribution is 2.38. The number of nitrogens with two attached hydrogens (primary N) is 1. The van der Waals surface area contributed by atoms with Crippen molar-refractivity contribution in [1.29, 1.82) is 0 Å². The highest BCUT2D eigenvalue weighted by atomic mass is 16.5. The molecule has 0 bridgehead atoms. The number of rotatable bonds is 4. The van der Waals surface area contributed by atoms with E-state index < -0.39 is 0 Å². The molecule has 1 heterocycles. The fourth-order valence-electron chi connectivity index (χ4n) is 2.40. The molecule has 4 heteroatoms. The number of hydrogen-bond donors (Lipinski definition) is 2. The van der Waals surface area contributed by atoms with Crippen LogP contribution in [0.2, 0.25) is 0 Å². The van der Waals surface area contributed by atoms with E-state index in [1.54, 1.807) is 12.1 Å². The Bertz CT molecular complexity index is 432. The van der Waals surface area contributed by atoms with Gasteiger partial charge in [0.05, 0.1) is 6.04 Å². The lowest BCUT2D eigenvalue weighted by Gasteiger charge is -2.32. The molecule has 1 unspecified atom stereocenters. The van der Waals surface area contributed by atoms with Crippen molar-refractivity contribution < 1.29 is 9.84 Å². The topological polar surface area (TPSA) is 58.7 Å². The monoisotopic (exact) mass is 250 g/mol. The van der Waals surface area contributed by atoms with Crippen LogP contribution in [0.25, 0.3) is 0 Å². The van der Waals surface area contributed by atoms with E-state index in [0.29, 0.717) is 13.2 Å². The third-order valence-corrected chi connectivity index (χ3v) is 3.51. The van der Waals surface area contributed by atoms with Crippen LogP contribution in [0.3, 0.4) is 0 Å². The zero-order chi connectivity index (χ0) is 13.3. The van der Waals surface area contributed by atoms with Gasteiger partial charge >= 0.3 is 0 Å². The molecular formula is C14H22N2O2. The van der Waals surface area contributed by atoms with Crippen LogP contribution in [-0.2, 0) is 0 Å². The summed E-state index contributed by atoms with van der Waals surface area (Å²) in [5.41, 5.74) is 7.01. The first-order chi connectivity index (χ1) is 8.43. The molecule has 18 heavy (non-hydrogen) atoms. The number of fused-ring (bicyclic) bond motifs is 1. The molecule has 4 nitrogen and oxygen atoms in total. The standard InChI is InChI=1S/C14H22N2O2/c1-14(2,8-15)9-16(3)12-7-18-13-6-10(17)4-5-11(12)13/h4-6,12,17H,7-9,15H2,1-3H3. The highest BCUT2D eigenvalue weighted by molar-refractivity contribution is 5.44. The number of hydrogen-bond acceptors (Lipinski definition) is 4. The van der Waals surface area contributed by atoms with Gasteiger partial charge in [0.15, 0.2) is 0 Å². The Kier molecular flexibility index (Phi) is 3.50. The van der Waals surface area contributed by atoms with Crippen molar-refractivity contribution in [1.82, 2.24) is 4.90 Å². The molecule has 1 aromatic carbocycles. The lowest BCUT2D eigenvalue weighted by Crippen LogP contribution is -2.39. The molecule has 0 amide bonds. The summed E-state index contributed by atoms with van der Waals surface area (Å²) in [6.45, 7) is 6.54. The van der Waals surface area contributed by atoms with Gasteiger partial charge in [-0.25, -0.2) is 0 Å². The van der Waals surface area contributed by atoms with Gasteiger partial charge in [0.2, 0.25) is 0 Å². The summed E-state index contributed by atoms with van der Waals surface area (Å²) in [6, 6.07) is 5.57. The van der Waals surface area contributed by atoms with Gasteiger partial charge < -0.3 is 15.6 Å². The average molecular weight is 250 g/mol. The van der Waals surface area contributed by atoms with Gasteiger partial charge in [-0.05, 0) is 31.1 Å². The summed E-state index contributed by atoms with van der Waals surface area (Å²) in [5.74, 6) is 1.04. The Morgan fingerprint density at radius 3 is 2.89 bits per heavy atom. The first-order valence-corrected chi connectivity index (χ1v) is 6.29. The summed E-state index contributed by atoms with van der Waals surface area (Å²) >= 11 is 0. The van der Waals surface area contributed by atoms with Crippen molar-refractivity contribution >= 4 is 0 Å². The quantitative estimate of drug-likeness (QED) is 0.854. The number of phenols is 1. The number of likely N-dealkylation sites (N-methyl/N-ethyl adjacent to an activating group) is 1. The predicted molar refractivity (Wildman–Crippen MR) is 71.8 cm³/mol. The van der Waals surface area contributed by atoms with Crippen LogP contribution < -0.4 is 10.5 Å². The highest BCUT2D eigenvalue weighted by Gasteiger charge is 2.30. The minimum absolute atomic E-state index is 0.0917. The Labute approximate surface area is 108 Å². The Morgan fingerprint density at radius 1 is 1.50 bits per heavy atom. The summed E-state index contributed by atoms with van der Waals surface area (Å²) in [6.07, 6.45) is 0. The van der Waals surface area contributed by atoms with E-state index in [-0.39, 0.29) is 17.2 Å². The Balaban J connectivity index is 2.13. The second kappa shape index (κ2) is 4.78. The van der Waals surface area contributed by atoms with E-state index in [4.69, 9.17) is 10.5 Å². The molecule has 3 N–H and O–H groups in total. The summed E-state index contributed by atoms with van der Waals surface area (Å²) in [5, 5.41) is 9.44. The fraction of sp³-hybridized carbons (Fsp3) is 0.571. The Morgan fingerprint density at radius 2 is 2.22 bits per heavy atom. The minimum atomic E-state index is 0.0917. The van der Waals surface area contributed by atoms with Gasteiger partial charge in [-0.3, -0.25) is 4.90 Å². The molecule has 0 saturated carbocycles. The molecule has 0 saturated heterocycles. The van der Waals surface area contributed by atoms with Crippen LogP contribution in [-0.4, -0.2) is 36.8 Å².